The molecule has 1 atom stereocenters. The van der Waals surface area contributed by atoms with E-state index in [-0.39, 0.29) is 12.3 Å². The van der Waals surface area contributed by atoms with Crippen LogP contribution in [0.2, 0.25) is 0 Å². The van der Waals surface area contributed by atoms with E-state index < -0.39 is 5.97 Å². The minimum Gasteiger partial charge on any atom is -0.481 e. The fourth-order valence-electron chi connectivity index (χ4n) is 2.37. The van der Waals surface area contributed by atoms with E-state index in [1.165, 1.54) is 16.7 Å². The number of carboxylic acid groups (broad SMARTS) is 1. The summed E-state index contributed by atoms with van der Waals surface area (Å²) in [5.41, 5.74) is 3.86. The van der Waals surface area contributed by atoms with Gasteiger partial charge in [0.05, 0.1) is 6.42 Å². The van der Waals surface area contributed by atoms with Crippen molar-refractivity contribution in [3.8, 4) is 0 Å². The molecule has 0 radical (unpaired) electrons. The predicted octanol–water partition coefficient (Wildman–Crippen LogP) is 1.91. The number of carbonyl (C=O) groups is 1. The fourth-order valence-corrected chi connectivity index (χ4v) is 2.37. The Kier molecular flexibility index (Phi) is 3.25. The number of hydrogen-bond donors (Lipinski definition) is 2. The first-order valence-electron chi connectivity index (χ1n) is 5.71. The number of rotatable bonds is 3. The van der Waals surface area contributed by atoms with Crippen LogP contribution < -0.4 is 5.32 Å². The molecule has 1 aromatic rings. The number of benzene rings is 1. The third-order valence-electron chi connectivity index (χ3n) is 3.19. The normalized spacial score (nSPS) is 16.6. The number of aliphatic carboxylic acids is 1. The molecule has 1 unspecified atom stereocenters. The minimum absolute atomic E-state index is 0.0901. The van der Waals surface area contributed by atoms with Gasteiger partial charge in [-0.15, -0.1) is 0 Å². The van der Waals surface area contributed by atoms with Gasteiger partial charge in [-0.3, -0.25) is 4.79 Å². The average molecular weight is 219 g/mol. The zero-order valence-electron chi connectivity index (χ0n) is 9.49. The molecule has 2 N–H and O–H groups in total. The first-order valence-corrected chi connectivity index (χ1v) is 5.71. The number of hydrogen-bond acceptors (Lipinski definition) is 2. The van der Waals surface area contributed by atoms with Crippen molar-refractivity contribution in [3.05, 3.63) is 34.9 Å². The average Bonchev–Trinajstić information content (AvgIpc) is 2.27. The van der Waals surface area contributed by atoms with Gasteiger partial charge < -0.3 is 10.4 Å². The monoisotopic (exact) mass is 219 g/mol. The van der Waals surface area contributed by atoms with Gasteiger partial charge in [-0.05, 0) is 35.6 Å². The number of fused-ring (bicyclic) bond motifs is 1. The van der Waals surface area contributed by atoms with Crippen molar-refractivity contribution >= 4 is 5.97 Å². The van der Waals surface area contributed by atoms with Crippen LogP contribution in [0.5, 0.6) is 0 Å². The smallest absolute Gasteiger partial charge is 0.303 e. The summed E-state index contributed by atoms with van der Waals surface area (Å²) in [5.74, 6) is -0.638. The van der Waals surface area contributed by atoms with Crippen molar-refractivity contribution < 1.29 is 9.90 Å². The van der Waals surface area contributed by atoms with Crippen LogP contribution in [-0.4, -0.2) is 17.6 Å². The molecular weight excluding hydrogens is 202 g/mol. The quantitative estimate of drug-likeness (QED) is 0.816. The largest absolute Gasteiger partial charge is 0.481 e. The lowest BCUT2D eigenvalue weighted by atomic mass is 9.88. The van der Waals surface area contributed by atoms with Gasteiger partial charge in [0, 0.05) is 6.54 Å². The molecule has 0 amide bonds. The Morgan fingerprint density at radius 3 is 3.12 bits per heavy atom. The van der Waals surface area contributed by atoms with Crippen LogP contribution in [0.15, 0.2) is 18.2 Å². The highest BCUT2D eigenvalue weighted by molar-refractivity contribution is 5.68. The molecule has 0 saturated heterocycles. The predicted molar refractivity (Wildman–Crippen MR) is 62.5 cm³/mol. The Balaban J connectivity index is 2.29. The highest BCUT2D eigenvalue weighted by atomic mass is 16.4. The molecule has 0 spiro atoms. The van der Waals surface area contributed by atoms with Gasteiger partial charge in [-0.1, -0.05) is 25.1 Å². The lowest BCUT2D eigenvalue weighted by Crippen LogP contribution is -2.25. The lowest BCUT2D eigenvalue weighted by Gasteiger charge is -2.23. The van der Waals surface area contributed by atoms with E-state index in [4.69, 9.17) is 5.11 Å². The van der Waals surface area contributed by atoms with Crippen LogP contribution in [0.4, 0.5) is 0 Å². The standard InChI is InChI=1S/C13H17NO2/c1-9(7-13(15)16)11-4-2-3-10-5-6-14-8-12(10)11/h2-4,9,14H,5-8H2,1H3,(H,15,16). The van der Waals surface area contributed by atoms with Crippen LogP contribution in [0.1, 0.15) is 36.0 Å². The van der Waals surface area contributed by atoms with Gasteiger partial charge in [0.2, 0.25) is 0 Å². The summed E-state index contributed by atoms with van der Waals surface area (Å²) >= 11 is 0. The van der Waals surface area contributed by atoms with Crippen LogP contribution in [0, 0.1) is 0 Å². The Morgan fingerprint density at radius 2 is 2.38 bits per heavy atom. The molecular formula is C13H17NO2. The van der Waals surface area contributed by atoms with Gasteiger partial charge in [0.25, 0.3) is 0 Å². The zero-order chi connectivity index (χ0) is 11.5. The SMILES string of the molecule is CC(CC(=O)O)c1cccc2c1CNCC2. The molecule has 86 valence electrons. The van der Waals surface area contributed by atoms with E-state index in [0.29, 0.717) is 0 Å². The van der Waals surface area contributed by atoms with E-state index in [1.54, 1.807) is 0 Å². The van der Waals surface area contributed by atoms with Gasteiger partial charge >= 0.3 is 5.97 Å². The summed E-state index contributed by atoms with van der Waals surface area (Å²) in [6.07, 6.45) is 1.25. The topological polar surface area (TPSA) is 49.3 Å². The van der Waals surface area contributed by atoms with Crippen LogP contribution in [0.3, 0.4) is 0 Å². The summed E-state index contributed by atoms with van der Waals surface area (Å²) in [7, 11) is 0. The molecule has 1 aliphatic rings. The fraction of sp³-hybridized carbons (Fsp3) is 0.462. The van der Waals surface area contributed by atoms with Crippen molar-refractivity contribution in [1.82, 2.24) is 5.32 Å². The molecule has 2 rings (SSSR count). The first kappa shape index (κ1) is 11.1. The van der Waals surface area contributed by atoms with Gasteiger partial charge in [0.15, 0.2) is 0 Å². The molecule has 1 heterocycles. The highest BCUT2D eigenvalue weighted by Crippen LogP contribution is 2.27. The maximum atomic E-state index is 10.7. The Bertz CT molecular complexity index is 401. The Labute approximate surface area is 95.5 Å². The van der Waals surface area contributed by atoms with Gasteiger partial charge in [-0.25, -0.2) is 0 Å². The number of nitrogens with one attached hydrogen (secondary N) is 1. The second-order valence-corrected chi connectivity index (χ2v) is 4.41. The van der Waals surface area contributed by atoms with Crippen molar-refractivity contribution in [3.63, 3.8) is 0 Å². The van der Waals surface area contributed by atoms with Crippen LogP contribution >= 0.6 is 0 Å². The highest BCUT2D eigenvalue weighted by Gasteiger charge is 2.17. The third-order valence-corrected chi connectivity index (χ3v) is 3.19. The summed E-state index contributed by atoms with van der Waals surface area (Å²) in [5, 5.41) is 12.2. The molecule has 1 aliphatic heterocycles. The maximum absolute atomic E-state index is 10.7. The Morgan fingerprint density at radius 1 is 1.56 bits per heavy atom. The van der Waals surface area contributed by atoms with E-state index in [1.807, 2.05) is 13.0 Å². The van der Waals surface area contributed by atoms with E-state index >= 15 is 0 Å². The maximum Gasteiger partial charge on any atom is 0.303 e. The molecule has 0 saturated carbocycles. The molecule has 0 fully saturated rings. The van der Waals surface area contributed by atoms with Crippen molar-refractivity contribution in [1.29, 1.82) is 0 Å². The molecule has 1 aromatic carbocycles. The van der Waals surface area contributed by atoms with Crippen LogP contribution in [0.25, 0.3) is 0 Å². The molecule has 16 heavy (non-hydrogen) atoms. The first-order chi connectivity index (χ1) is 7.68. The van der Waals surface area contributed by atoms with E-state index in [0.717, 1.165) is 19.5 Å². The van der Waals surface area contributed by atoms with Gasteiger partial charge in [-0.2, -0.15) is 0 Å². The molecule has 0 bridgehead atoms. The lowest BCUT2D eigenvalue weighted by molar-refractivity contribution is -0.137. The summed E-state index contributed by atoms with van der Waals surface area (Å²) in [6, 6.07) is 6.24. The third kappa shape index (κ3) is 2.25. The second-order valence-electron chi connectivity index (χ2n) is 4.41. The van der Waals surface area contributed by atoms with Crippen molar-refractivity contribution in [2.75, 3.05) is 6.54 Å². The molecule has 0 aromatic heterocycles. The summed E-state index contributed by atoms with van der Waals surface area (Å²) < 4.78 is 0. The van der Waals surface area contributed by atoms with Gasteiger partial charge in [0.1, 0.15) is 0 Å². The van der Waals surface area contributed by atoms with E-state index in [9.17, 15) is 4.79 Å². The molecule has 0 aliphatic carbocycles. The van der Waals surface area contributed by atoms with E-state index in [2.05, 4.69) is 17.4 Å². The minimum atomic E-state index is -0.728. The number of carboxylic acids is 1. The Hall–Kier alpha value is -1.35. The molecule has 3 nitrogen and oxygen atoms in total. The van der Waals surface area contributed by atoms with Crippen LogP contribution in [-0.2, 0) is 17.8 Å². The van der Waals surface area contributed by atoms with Crippen molar-refractivity contribution in [2.24, 2.45) is 0 Å². The zero-order valence-corrected chi connectivity index (χ0v) is 9.49. The summed E-state index contributed by atoms with van der Waals surface area (Å²) in [4.78, 5) is 10.7. The second kappa shape index (κ2) is 4.66. The van der Waals surface area contributed by atoms with Crippen molar-refractivity contribution in [2.45, 2.75) is 32.2 Å². The molecule has 3 heteroatoms. The summed E-state index contributed by atoms with van der Waals surface area (Å²) in [6.45, 7) is 3.87.